The first-order chi connectivity index (χ1) is 9.60. The number of hydrogen-bond donors (Lipinski definition) is 2. The number of nitrogen functional groups attached to an aromatic ring is 1. The van der Waals surface area contributed by atoms with E-state index in [4.69, 9.17) is 16.2 Å². The van der Waals surface area contributed by atoms with Crippen LogP contribution in [0.15, 0.2) is 43.0 Å². The maximum Gasteiger partial charge on any atom is 0.267 e. The summed E-state index contributed by atoms with van der Waals surface area (Å²) in [4.78, 5) is 19.0. The molecule has 1 aromatic carbocycles. The Labute approximate surface area is 116 Å². The van der Waals surface area contributed by atoms with Crippen molar-refractivity contribution in [2.45, 2.75) is 0 Å². The van der Waals surface area contributed by atoms with Crippen molar-refractivity contribution in [1.82, 2.24) is 9.97 Å². The van der Waals surface area contributed by atoms with Gasteiger partial charge in [0.2, 0.25) is 5.95 Å². The molecule has 0 radical (unpaired) electrons. The Balaban J connectivity index is 2.31. The van der Waals surface area contributed by atoms with Gasteiger partial charge >= 0.3 is 0 Å². The van der Waals surface area contributed by atoms with Gasteiger partial charge in [-0.2, -0.15) is 0 Å². The van der Waals surface area contributed by atoms with Crippen LogP contribution in [0.1, 0.15) is 10.5 Å². The maximum atomic E-state index is 11.2. The number of carbonyl (C=O) groups is 1. The van der Waals surface area contributed by atoms with Gasteiger partial charge in [-0.1, -0.05) is 12.7 Å². The molecule has 0 saturated carbocycles. The Morgan fingerprint density at radius 1 is 1.30 bits per heavy atom. The summed E-state index contributed by atoms with van der Waals surface area (Å²) in [5.74, 6) is 0.0698. The molecule has 1 heterocycles. The second-order valence-electron chi connectivity index (χ2n) is 3.98. The summed E-state index contributed by atoms with van der Waals surface area (Å²) in [7, 11) is 0. The van der Waals surface area contributed by atoms with Crippen LogP contribution >= 0.6 is 0 Å². The van der Waals surface area contributed by atoms with Crippen molar-refractivity contribution in [3.05, 3.63) is 48.7 Å². The van der Waals surface area contributed by atoms with Gasteiger partial charge in [-0.15, -0.1) is 0 Å². The molecule has 0 aliphatic heterocycles. The first kappa shape index (κ1) is 13.5. The highest BCUT2D eigenvalue weighted by Crippen LogP contribution is 2.22. The van der Waals surface area contributed by atoms with E-state index in [0.717, 1.165) is 5.56 Å². The van der Waals surface area contributed by atoms with Crippen LogP contribution in [0, 0.1) is 0 Å². The number of aromatic nitrogens is 2. The second-order valence-corrected chi connectivity index (χ2v) is 3.98. The van der Waals surface area contributed by atoms with Gasteiger partial charge in [-0.25, -0.2) is 9.97 Å². The monoisotopic (exact) mass is 270 g/mol. The van der Waals surface area contributed by atoms with Crippen molar-refractivity contribution >= 4 is 11.9 Å². The van der Waals surface area contributed by atoms with Crippen molar-refractivity contribution in [3.63, 3.8) is 0 Å². The van der Waals surface area contributed by atoms with Gasteiger partial charge in [0.1, 0.15) is 18.1 Å². The Morgan fingerprint density at radius 2 is 2.00 bits per heavy atom. The highest BCUT2D eigenvalue weighted by molar-refractivity contribution is 5.92. The Bertz CT molecular complexity index is 638. The first-order valence-corrected chi connectivity index (χ1v) is 5.88. The number of hydrogen-bond acceptors (Lipinski definition) is 5. The average molecular weight is 270 g/mol. The lowest BCUT2D eigenvalue weighted by molar-refractivity contribution is 0.0995. The minimum absolute atomic E-state index is 0.00304. The summed E-state index contributed by atoms with van der Waals surface area (Å²) in [5.41, 5.74) is 12.2. The predicted octanol–water partition coefficient (Wildman–Crippen LogP) is 1.39. The molecule has 1 aromatic heterocycles. The zero-order chi connectivity index (χ0) is 14.5. The number of amides is 1. The standard InChI is InChI=1S/C14H14N4O2/c1-2-7-20-10-5-3-9(4-6-10)11-8-12(13(15)19)18-14(16)17-11/h2-6,8H,1,7H2,(H2,15,19)(H2,16,17,18). The van der Waals surface area contributed by atoms with Gasteiger partial charge < -0.3 is 16.2 Å². The summed E-state index contributed by atoms with van der Waals surface area (Å²) >= 11 is 0. The number of primary amides is 1. The van der Waals surface area contributed by atoms with E-state index in [1.54, 1.807) is 18.2 Å². The molecule has 102 valence electrons. The molecule has 20 heavy (non-hydrogen) atoms. The molecule has 0 bridgehead atoms. The molecule has 2 rings (SSSR count). The summed E-state index contributed by atoms with van der Waals surface area (Å²) in [5, 5.41) is 0. The van der Waals surface area contributed by atoms with E-state index in [0.29, 0.717) is 18.1 Å². The fourth-order valence-corrected chi connectivity index (χ4v) is 1.62. The zero-order valence-electron chi connectivity index (χ0n) is 10.7. The van der Waals surface area contributed by atoms with Crippen LogP contribution in [-0.4, -0.2) is 22.5 Å². The lowest BCUT2D eigenvalue weighted by atomic mass is 10.1. The van der Waals surface area contributed by atoms with Gasteiger partial charge in [0, 0.05) is 5.56 Å². The normalized spacial score (nSPS) is 10.0. The zero-order valence-corrected chi connectivity index (χ0v) is 10.7. The molecule has 0 unspecified atom stereocenters. The number of rotatable bonds is 5. The molecule has 0 atom stereocenters. The Hall–Kier alpha value is -2.89. The fraction of sp³-hybridized carbons (Fsp3) is 0.0714. The molecule has 0 fully saturated rings. The van der Waals surface area contributed by atoms with Crippen molar-refractivity contribution in [2.75, 3.05) is 12.3 Å². The average Bonchev–Trinajstić information content (AvgIpc) is 2.45. The summed E-state index contributed by atoms with van der Waals surface area (Å²) in [6, 6.07) is 8.70. The highest BCUT2D eigenvalue weighted by Gasteiger charge is 2.09. The minimum atomic E-state index is -0.647. The smallest absolute Gasteiger partial charge is 0.267 e. The molecular weight excluding hydrogens is 256 g/mol. The maximum absolute atomic E-state index is 11.2. The van der Waals surface area contributed by atoms with Gasteiger partial charge in [-0.3, -0.25) is 4.79 Å². The second kappa shape index (κ2) is 5.83. The van der Waals surface area contributed by atoms with Crippen LogP contribution in [0.5, 0.6) is 5.75 Å². The fourth-order valence-electron chi connectivity index (χ4n) is 1.62. The minimum Gasteiger partial charge on any atom is -0.490 e. The number of ether oxygens (including phenoxy) is 1. The third-order valence-electron chi connectivity index (χ3n) is 2.51. The number of benzene rings is 1. The quantitative estimate of drug-likeness (QED) is 0.799. The van der Waals surface area contributed by atoms with E-state index in [1.807, 2.05) is 12.1 Å². The van der Waals surface area contributed by atoms with Crippen LogP contribution in [0.3, 0.4) is 0 Å². The molecule has 0 saturated heterocycles. The largest absolute Gasteiger partial charge is 0.490 e. The van der Waals surface area contributed by atoms with Crippen LogP contribution < -0.4 is 16.2 Å². The van der Waals surface area contributed by atoms with E-state index in [-0.39, 0.29) is 11.6 Å². The van der Waals surface area contributed by atoms with Gasteiger partial charge in [0.15, 0.2) is 0 Å². The third-order valence-corrected chi connectivity index (χ3v) is 2.51. The van der Waals surface area contributed by atoms with Crippen molar-refractivity contribution < 1.29 is 9.53 Å². The molecule has 4 N–H and O–H groups in total. The van der Waals surface area contributed by atoms with Gasteiger partial charge in [-0.05, 0) is 30.3 Å². The first-order valence-electron chi connectivity index (χ1n) is 5.88. The van der Waals surface area contributed by atoms with Crippen LogP contribution in [0.4, 0.5) is 5.95 Å². The molecule has 1 amide bonds. The topological polar surface area (TPSA) is 104 Å². The van der Waals surface area contributed by atoms with Crippen molar-refractivity contribution in [1.29, 1.82) is 0 Å². The van der Waals surface area contributed by atoms with Crippen molar-refractivity contribution in [3.8, 4) is 17.0 Å². The summed E-state index contributed by atoms with van der Waals surface area (Å²) < 4.78 is 5.38. The molecule has 0 aliphatic rings. The lowest BCUT2D eigenvalue weighted by Gasteiger charge is -2.06. The van der Waals surface area contributed by atoms with Gasteiger partial charge in [0.05, 0.1) is 5.69 Å². The van der Waals surface area contributed by atoms with E-state index in [2.05, 4.69) is 16.5 Å². The van der Waals surface area contributed by atoms with Crippen LogP contribution in [0.25, 0.3) is 11.3 Å². The molecule has 0 aliphatic carbocycles. The van der Waals surface area contributed by atoms with Gasteiger partial charge in [0.25, 0.3) is 5.91 Å². The lowest BCUT2D eigenvalue weighted by Crippen LogP contribution is -2.15. The van der Waals surface area contributed by atoms with E-state index in [1.165, 1.54) is 6.07 Å². The van der Waals surface area contributed by atoms with Crippen LogP contribution in [0.2, 0.25) is 0 Å². The van der Waals surface area contributed by atoms with E-state index < -0.39 is 5.91 Å². The number of nitrogens with zero attached hydrogens (tertiary/aromatic N) is 2. The number of nitrogens with two attached hydrogens (primary N) is 2. The molecule has 6 heteroatoms. The van der Waals surface area contributed by atoms with E-state index >= 15 is 0 Å². The summed E-state index contributed by atoms with van der Waals surface area (Å²) in [6.07, 6.45) is 1.66. The number of anilines is 1. The Morgan fingerprint density at radius 3 is 2.60 bits per heavy atom. The SMILES string of the molecule is C=CCOc1ccc(-c2cc(C(N)=O)nc(N)n2)cc1. The molecular formula is C14H14N4O2. The highest BCUT2D eigenvalue weighted by atomic mass is 16.5. The summed E-state index contributed by atoms with van der Waals surface area (Å²) in [6.45, 7) is 4.01. The van der Waals surface area contributed by atoms with Crippen molar-refractivity contribution in [2.24, 2.45) is 5.73 Å². The third kappa shape index (κ3) is 3.11. The van der Waals surface area contributed by atoms with Crippen LogP contribution in [-0.2, 0) is 0 Å². The number of carbonyl (C=O) groups excluding carboxylic acids is 1. The molecule has 0 spiro atoms. The predicted molar refractivity (Wildman–Crippen MR) is 76.1 cm³/mol. The molecule has 2 aromatic rings. The Kier molecular flexibility index (Phi) is 3.95. The molecule has 6 nitrogen and oxygen atoms in total. The van der Waals surface area contributed by atoms with E-state index in [9.17, 15) is 4.79 Å².